The van der Waals surface area contributed by atoms with Crippen LogP contribution in [0.2, 0.25) is 0 Å². The number of sulfone groups is 1. The maximum absolute atomic E-state index is 13.0. The van der Waals surface area contributed by atoms with E-state index in [-0.39, 0.29) is 35.1 Å². The molecular weight excluding hydrogens is 378 g/mol. The summed E-state index contributed by atoms with van der Waals surface area (Å²) in [7, 11) is -3.10. The van der Waals surface area contributed by atoms with Crippen LogP contribution in [0.15, 0.2) is 30.3 Å². The van der Waals surface area contributed by atoms with E-state index in [2.05, 4.69) is 21.4 Å². The van der Waals surface area contributed by atoms with Crippen molar-refractivity contribution < 1.29 is 13.2 Å². The maximum atomic E-state index is 13.0. The van der Waals surface area contributed by atoms with Gasteiger partial charge in [-0.25, -0.2) is 18.4 Å². The number of aromatic nitrogens is 2. The standard InChI is InChI=1S/C19H21N5O3S/c1-3-24(15-8-9-28(26,27)12-15)18(25)17-10-13(2)21-19(23-17)22-16-7-5-4-6-14(16)11-20/h4-7,10,15H,3,8-9,12H2,1-2H3,(H,21,22,23). The second-order valence-electron chi connectivity index (χ2n) is 6.65. The molecule has 28 heavy (non-hydrogen) atoms. The Kier molecular flexibility index (Phi) is 5.61. The topological polar surface area (TPSA) is 116 Å². The van der Waals surface area contributed by atoms with Crippen molar-refractivity contribution in [2.45, 2.75) is 26.3 Å². The van der Waals surface area contributed by atoms with Crippen molar-refractivity contribution in [2.24, 2.45) is 0 Å². The zero-order chi connectivity index (χ0) is 20.3. The monoisotopic (exact) mass is 399 g/mol. The highest BCUT2D eigenvalue weighted by Crippen LogP contribution is 2.21. The smallest absolute Gasteiger partial charge is 0.272 e. The summed E-state index contributed by atoms with van der Waals surface area (Å²) in [4.78, 5) is 23.2. The Labute approximate surface area is 164 Å². The van der Waals surface area contributed by atoms with Gasteiger partial charge in [0.25, 0.3) is 5.91 Å². The Hall–Kier alpha value is -2.99. The molecule has 1 aliphatic heterocycles. The van der Waals surface area contributed by atoms with Gasteiger partial charge in [0.2, 0.25) is 5.95 Å². The molecule has 0 radical (unpaired) electrons. The molecule has 0 bridgehead atoms. The van der Waals surface area contributed by atoms with Gasteiger partial charge in [-0.3, -0.25) is 4.79 Å². The van der Waals surface area contributed by atoms with Crippen molar-refractivity contribution in [1.29, 1.82) is 5.26 Å². The molecule has 1 atom stereocenters. The van der Waals surface area contributed by atoms with Gasteiger partial charge in [0.15, 0.2) is 9.84 Å². The number of benzene rings is 1. The lowest BCUT2D eigenvalue weighted by Crippen LogP contribution is -2.41. The molecule has 1 aromatic carbocycles. The number of aryl methyl sites for hydroxylation is 1. The Balaban J connectivity index is 1.88. The third-order valence-electron chi connectivity index (χ3n) is 4.62. The Morgan fingerprint density at radius 1 is 1.36 bits per heavy atom. The molecule has 1 aliphatic rings. The van der Waals surface area contributed by atoms with Crippen molar-refractivity contribution in [2.75, 3.05) is 23.4 Å². The normalized spacial score (nSPS) is 17.7. The summed E-state index contributed by atoms with van der Waals surface area (Å²) in [6.07, 6.45) is 0.437. The summed E-state index contributed by atoms with van der Waals surface area (Å²) in [6, 6.07) is 10.3. The van der Waals surface area contributed by atoms with E-state index in [1.54, 1.807) is 42.2 Å². The highest BCUT2D eigenvalue weighted by atomic mass is 32.2. The molecular formula is C19H21N5O3S. The number of amides is 1. The van der Waals surface area contributed by atoms with E-state index in [0.717, 1.165) is 0 Å². The van der Waals surface area contributed by atoms with Crippen molar-refractivity contribution in [3.8, 4) is 6.07 Å². The molecule has 2 heterocycles. The van der Waals surface area contributed by atoms with Gasteiger partial charge in [-0.05, 0) is 38.5 Å². The van der Waals surface area contributed by atoms with Crippen molar-refractivity contribution in [3.63, 3.8) is 0 Å². The highest BCUT2D eigenvalue weighted by molar-refractivity contribution is 7.91. The number of carbonyl (C=O) groups excluding carboxylic acids is 1. The van der Waals surface area contributed by atoms with Crippen LogP contribution in [0, 0.1) is 18.3 Å². The van der Waals surface area contributed by atoms with E-state index in [0.29, 0.717) is 29.9 Å². The van der Waals surface area contributed by atoms with E-state index >= 15 is 0 Å². The molecule has 1 unspecified atom stereocenters. The number of nitrogens with one attached hydrogen (secondary N) is 1. The van der Waals surface area contributed by atoms with Crippen molar-refractivity contribution in [3.05, 3.63) is 47.3 Å². The zero-order valence-corrected chi connectivity index (χ0v) is 16.5. The number of hydrogen-bond donors (Lipinski definition) is 1. The first-order chi connectivity index (χ1) is 13.3. The molecule has 146 valence electrons. The van der Waals surface area contributed by atoms with Crippen LogP contribution >= 0.6 is 0 Å². The molecule has 0 aliphatic carbocycles. The molecule has 1 saturated heterocycles. The predicted molar refractivity (Wildman–Crippen MR) is 105 cm³/mol. The van der Waals surface area contributed by atoms with Crippen molar-refractivity contribution in [1.82, 2.24) is 14.9 Å². The molecule has 1 aromatic heterocycles. The lowest BCUT2D eigenvalue weighted by Gasteiger charge is -2.26. The Bertz CT molecular complexity index is 1050. The Morgan fingerprint density at radius 2 is 2.11 bits per heavy atom. The van der Waals surface area contributed by atoms with Gasteiger partial charge >= 0.3 is 0 Å². The first kappa shape index (κ1) is 19.8. The van der Waals surface area contributed by atoms with Gasteiger partial charge in [-0.2, -0.15) is 5.26 Å². The number of anilines is 2. The minimum Gasteiger partial charge on any atom is -0.334 e. The Morgan fingerprint density at radius 3 is 2.75 bits per heavy atom. The van der Waals surface area contributed by atoms with Gasteiger partial charge in [0, 0.05) is 18.3 Å². The van der Waals surface area contributed by atoms with Crippen LogP contribution in [0.3, 0.4) is 0 Å². The predicted octanol–water partition coefficient (Wildman–Crippen LogP) is 2.05. The summed E-state index contributed by atoms with van der Waals surface area (Å²) in [5, 5.41) is 12.2. The van der Waals surface area contributed by atoms with E-state index in [4.69, 9.17) is 0 Å². The number of hydrogen-bond acceptors (Lipinski definition) is 7. The highest BCUT2D eigenvalue weighted by Gasteiger charge is 2.34. The molecule has 0 spiro atoms. The molecule has 2 aromatic rings. The lowest BCUT2D eigenvalue weighted by atomic mass is 10.2. The minimum absolute atomic E-state index is 0.0166. The van der Waals surface area contributed by atoms with Gasteiger partial charge in [0.1, 0.15) is 11.8 Å². The summed E-state index contributed by atoms with van der Waals surface area (Å²) in [5.74, 6) is -0.0351. The van der Waals surface area contributed by atoms with Gasteiger partial charge in [-0.1, -0.05) is 12.1 Å². The van der Waals surface area contributed by atoms with Crippen LogP contribution < -0.4 is 5.32 Å². The summed E-state index contributed by atoms with van der Waals surface area (Å²) in [6.45, 7) is 3.96. The van der Waals surface area contributed by atoms with Crippen LogP contribution in [0.1, 0.15) is 35.1 Å². The third-order valence-corrected chi connectivity index (χ3v) is 6.37. The summed E-state index contributed by atoms with van der Waals surface area (Å²) < 4.78 is 23.6. The lowest BCUT2D eigenvalue weighted by molar-refractivity contribution is 0.0702. The third kappa shape index (κ3) is 4.28. The maximum Gasteiger partial charge on any atom is 0.272 e. The minimum atomic E-state index is -3.10. The van der Waals surface area contributed by atoms with Crippen LogP contribution in [0.5, 0.6) is 0 Å². The fraction of sp³-hybridized carbons (Fsp3) is 0.368. The quantitative estimate of drug-likeness (QED) is 0.818. The van der Waals surface area contributed by atoms with Gasteiger partial charge < -0.3 is 10.2 Å². The van der Waals surface area contributed by atoms with E-state index < -0.39 is 9.84 Å². The van der Waals surface area contributed by atoms with E-state index in [1.807, 2.05) is 6.92 Å². The van der Waals surface area contributed by atoms with Crippen LogP contribution in [-0.4, -0.2) is 53.3 Å². The number of nitriles is 1. The second kappa shape index (κ2) is 7.94. The van der Waals surface area contributed by atoms with Crippen LogP contribution in [0.25, 0.3) is 0 Å². The molecule has 1 fully saturated rings. The van der Waals surface area contributed by atoms with Crippen molar-refractivity contribution >= 4 is 27.4 Å². The van der Waals surface area contributed by atoms with Crippen LogP contribution in [0.4, 0.5) is 11.6 Å². The summed E-state index contributed by atoms with van der Waals surface area (Å²) >= 11 is 0. The molecule has 9 heteroatoms. The SMILES string of the molecule is CCN(C(=O)c1cc(C)nc(Nc2ccccc2C#N)n1)C1CCS(=O)(=O)C1. The number of nitrogens with zero attached hydrogens (tertiary/aromatic N) is 4. The average molecular weight is 399 g/mol. The fourth-order valence-electron chi connectivity index (χ4n) is 3.28. The van der Waals surface area contributed by atoms with E-state index in [9.17, 15) is 18.5 Å². The number of para-hydroxylation sites is 1. The fourth-order valence-corrected chi connectivity index (χ4v) is 5.01. The first-order valence-electron chi connectivity index (χ1n) is 8.96. The molecule has 1 amide bonds. The summed E-state index contributed by atoms with van der Waals surface area (Å²) in [5.41, 5.74) is 1.76. The average Bonchev–Trinajstić information content (AvgIpc) is 3.01. The van der Waals surface area contributed by atoms with Gasteiger partial charge in [-0.15, -0.1) is 0 Å². The number of carbonyl (C=O) groups is 1. The molecule has 1 N–H and O–H groups in total. The van der Waals surface area contributed by atoms with E-state index in [1.165, 1.54) is 0 Å². The first-order valence-corrected chi connectivity index (χ1v) is 10.8. The zero-order valence-electron chi connectivity index (χ0n) is 15.7. The molecule has 8 nitrogen and oxygen atoms in total. The molecule has 0 saturated carbocycles. The number of rotatable bonds is 5. The van der Waals surface area contributed by atoms with Crippen LogP contribution in [-0.2, 0) is 9.84 Å². The largest absolute Gasteiger partial charge is 0.334 e. The van der Waals surface area contributed by atoms with Gasteiger partial charge in [0.05, 0.1) is 22.8 Å². The second-order valence-corrected chi connectivity index (χ2v) is 8.88. The molecule has 3 rings (SSSR count).